The third-order valence-corrected chi connectivity index (χ3v) is 13.1. The van der Waals surface area contributed by atoms with Crippen LogP contribution in [0.4, 0.5) is 9.59 Å². The minimum absolute atomic E-state index is 0.00484. The van der Waals surface area contributed by atoms with Crippen molar-refractivity contribution < 1.29 is 76.8 Å². The number of alkyl carbamates (subject to hydrolysis) is 2. The molecule has 0 unspecified atom stereocenters. The Morgan fingerprint density at radius 1 is 0.690 bits per heavy atom. The second-order valence-corrected chi connectivity index (χ2v) is 24.3. The number of terminal acetylenes is 4. The Bertz CT molecular complexity index is 2970. The monoisotopic (exact) mass is 1320 g/mol. The van der Waals surface area contributed by atoms with E-state index in [4.69, 9.17) is 96.3 Å². The zero-order chi connectivity index (χ0) is 62.6. The maximum absolute atomic E-state index is 13.1. The number of esters is 2. The highest BCUT2D eigenvalue weighted by molar-refractivity contribution is 9.12. The number of hydrogen-bond acceptors (Lipinski definition) is 18. The van der Waals surface area contributed by atoms with Gasteiger partial charge < -0.3 is 68.2 Å². The molecule has 2 aromatic heterocycles. The van der Waals surface area contributed by atoms with Crippen LogP contribution in [0.5, 0.6) is 11.5 Å². The standard InChI is InChI=1S/2C30H32BrClN2O8/c2*1-8-13-30-14-12-18(31)15-23(21(35)9-2)39-22-11-10-19(33-26(22)32)20(34-27(37)41-28(3,4)5)16-25(36)38-17-24(30)40-29(6,7)42-30/h2*1-2,10-11,15,20-21,23-24,35H,13,16-17H2,3-7H3,(H,34,37)/b2*18-15-/t2*20-,21+,23+,24-,30-/m11/s1. The predicted octanol–water partition coefficient (Wildman–Crippen LogP) is 8.37. The molecule has 6 aliphatic rings. The summed E-state index contributed by atoms with van der Waals surface area (Å²) in [4.78, 5) is 60.1. The van der Waals surface area contributed by atoms with Gasteiger partial charge in [-0.05, 0) is 138 Å². The molecule has 0 saturated carbocycles. The molecule has 4 bridgehead atoms. The molecule has 448 valence electrons. The molecule has 24 heteroatoms. The molecular formula is C60H64Br2Cl2N4O16. The molecule has 84 heavy (non-hydrogen) atoms. The molecule has 2 aromatic rings. The number of aliphatic hydroxyl groups is 2. The number of amides is 2. The minimum Gasteiger partial charge on any atom is -0.479 e. The molecular weight excluding hydrogens is 1260 g/mol. The Labute approximate surface area is 516 Å². The van der Waals surface area contributed by atoms with Crippen LogP contribution >= 0.6 is 55.1 Å². The summed E-state index contributed by atoms with van der Waals surface area (Å²) in [5, 5.41) is 26.0. The largest absolute Gasteiger partial charge is 0.479 e. The number of nitrogens with one attached hydrogen (secondary N) is 2. The van der Waals surface area contributed by atoms with E-state index in [0.29, 0.717) is 0 Å². The van der Waals surface area contributed by atoms with Gasteiger partial charge in [-0.1, -0.05) is 58.7 Å². The van der Waals surface area contributed by atoms with Crippen molar-refractivity contribution in [3.63, 3.8) is 0 Å². The van der Waals surface area contributed by atoms with Crippen molar-refractivity contribution in [3.05, 3.63) is 67.1 Å². The number of fused-ring (bicyclic) bond motifs is 18. The van der Waals surface area contributed by atoms with Gasteiger partial charge in [-0.3, -0.25) is 9.59 Å². The Balaban J connectivity index is 0.000000307. The Hall–Kier alpha value is -6.48. The highest BCUT2D eigenvalue weighted by Gasteiger charge is 2.54. The Kier molecular flexibility index (Phi) is 23.3. The van der Waals surface area contributed by atoms with Crippen LogP contribution in [0.3, 0.4) is 0 Å². The topological polar surface area (TPSA) is 251 Å². The van der Waals surface area contributed by atoms with Crippen LogP contribution < -0.4 is 20.1 Å². The summed E-state index contributed by atoms with van der Waals surface area (Å²) in [6, 6.07) is 3.95. The van der Waals surface area contributed by atoms with Gasteiger partial charge in [0.1, 0.15) is 36.6 Å². The molecule has 8 heterocycles. The summed E-state index contributed by atoms with van der Waals surface area (Å²) in [5.41, 5.74) is -3.87. The van der Waals surface area contributed by atoms with Crippen LogP contribution in [0.2, 0.25) is 10.3 Å². The van der Waals surface area contributed by atoms with E-state index >= 15 is 0 Å². The summed E-state index contributed by atoms with van der Waals surface area (Å²) in [6.45, 7) is 16.4. The Morgan fingerprint density at radius 3 is 1.36 bits per heavy atom. The second kappa shape index (κ2) is 28.6. The first kappa shape index (κ1) is 68.3. The molecule has 10 atom stereocenters. The number of hydrogen-bond donors (Lipinski definition) is 4. The van der Waals surface area contributed by atoms with E-state index < -0.39 is 107 Å². The Morgan fingerprint density at radius 2 is 1.05 bits per heavy atom. The number of nitrogens with zero attached hydrogens (tertiary/aromatic N) is 2. The van der Waals surface area contributed by atoms with Crippen molar-refractivity contribution >= 4 is 79.2 Å². The van der Waals surface area contributed by atoms with Crippen molar-refractivity contribution in [3.8, 4) is 84.6 Å². The van der Waals surface area contributed by atoms with Gasteiger partial charge in [-0.15, -0.1) is 37.5 Å². The number of aliphatic hydroxyl groups excluding tert-OH is 2. The van der Waals surface area contributed by atoms with Gasteiger partial charge in [0.2, 0.25) is 0 Å². The number of rotatable bonds is 6. The predicted molar refractivity (Wildman–Crippen MR) is 314 cm³/mol. The zero-order valence-electron chi connectivity index (χ0n) is 47.7. The molecule has 2 saturated heterocycles. The lowest BCUT2D eigenvalue weighted by molar-refractivity contribution is -0.162. The van der Waals surface area contributed by atoms with Crippen LogP contribution in [0, 0.1) is 73.1 Å². The smallest absolute Gasteiger partial charge is 0.408 e. The zero-order valence-corrected chi connectivity index (χ0v) is 52.3. The van der Waals surface area contributed by atoms with E-state index in [1.165, 1.54) is 36.4 Å². The highest BCUT2D eigenvalue weighted by Crippen LogP contribution is 2.41. The number of allylic oxidation sites excluding steroid dienone is 2. The van der Waals surface area contributed by atoms with Crippen molar-refractivity contribution in [1.29, 1.82) is 0 Å². The van der Waals surface area contributed by atoms with Crippen LogP contribution in [0.1, 0.15) is 118 Å². The van der Waals surface area contributed by atoms with Gasteiger partial charge >= 0.3 is 24.1 Å². The van der Waals surface area contributed by atoms with E-state index in [2.05, 4.69) is 99.8 Å². The summed E-state index contributed by atoms with van der Waals surface area (Å²) in [6.07, 6.45) is 16.2. The number of aromatic nitrogens is 2. The summed E-state index contributed by atoms with van der Waals surface area (Å²) < 4.78 is 58.6. The lowest BCUT2D eigenvalue weighted by atomic mass is 9.94. The number of halogens is 4. The molecule has 20 nitrogen and oxygen atoms in total. The molecule has 2 fully saturated rings. The van der Waals surface area contributed by atoms with Crippen molar-refractivity contribution in [2.75, 3.05) is 13.2 Å². The SMILES string of the molecule is C#CC[C@@]12C#C/C(Br)=C/[C@@H]([C@@H](O)C#C)Oc3ccc(nc3Cl)[C@H](NC(=O)OC(C)(C)C)CC(=O)OC[C@H]1OC(C)(C)O2.C#CC[C@@]12C#C/C(Br)=C/[C@@H]([C@@H](O)C#C)Oc3ccc(nc3Cl)[C@H](NC(=O)OC(C)(C)C)CC(=O)OC[C@H]1OC(C)(C)O2. The highest BCUT2D eigenvalue weighted by atomic mass is 79.9. The van der Waals surface area contributed by atoms with Crippen LogP contribution in [-0.4, -0.2) is 128 Å². The number of ether oxygens (including phenoxy) is 10. The van der Waals surface area contributed by atoms with Crippen molar-refractivity contribution in [2.24, 2.45) is 0 Å². The second-order valence-electron chi connectivity index (χ2n) is 21.9. The molecule has 0 aromatic carbocycles. The fourth-order valence-corrected chi connectivity index (χ4v) is 9.45. The average molecular weight is 1330 g/mol. The lowest BCUT2D eigenvalue weighted by Crippen LogP contribution is -2.42. The average Bonchev–Trinajstić information content (AvgIpc) is 2.48. The first-order valence-corrected chi connectivity index (χ1v) is 28.2. The maximum Gasteiger partial charge on any atom is 0.408 e. The quantitative estimate of drug-likeness (QED) is 0.0917. The first-order valence-electron chi connectivity index (χ1n) is 25.8. The fourth-order valence-electron chi connectivity index (χ4n) is 8.32. The summed E-state index contributed by atoms with van der Waals surface area (Å²) in [5.74, 6) is 17.9. The molecule has 6 aliphatic heterocycles. The third kappa shape index (κ3) is 19.8. The van der Waals surface area contributed by atoms with E-state index in [1.807, 2.05) is 0 Å². The first-order chi connectivity index (χ1) is 39.1. The summed E-state index contributed by atoms with van der Waals surface area (Å²) in [7, 11) is 0. The number of pyridine rings is 2. The van der Waals surface area contributed by atoms with Gasteiger partial charge in [0.25, 0.3) is 0 Å². The van der Waals surface area contributed by atoms with Crippen LogP contribution in [0.15, 0.2) is 45.4 Å². The van der Waals surface area contributed by atoms with Gasteiger partial charge in [-0.25, -0.2) is 19.6 Å². The van der Waals surface area contributed by atoms with E-state index in [9.17, 15) is 29.4 Å². The molecule has 4 N–H and O–H groups in total. The van der Waals surface area contributed by atoms with Gasteiger partial charge in [-0.2, -0.15) is 0 Å². The fraction of sp³-hybridized carbons (Fsp3) is 0.500. The molecule has 8 rings (SSSR count). The van der Waals surface area contributed by atoms with Gasteiger partial charge in [0, 0.05) is 0 Å². The van der Waals surface area contributed by atoms with Crippen molar-refractivity contribution in [2.45, 2.75) is 178 Å². The van der Waals surface area contributed by atoms with E-state index in [1.54, 1.807) is 69.2 Å². The van der Waals surface area contributed by atoms with Crippen molar-refractivity contribution in [1.82, 2.24) is 20.6 Å². The van der Waals surface area contributed by atoms with Gasteiger partial charge in [0.15, 0.2) is 69.0 Å². The lowest BCUT2D eigenvalue weighted by Gasteiger charge is -2.26. The number of carbonyl (C=O) groups excluding carboxylic acids is 4. The van der Waals surface area contributed by atoms with Gasteiger partial charge in [0.05, 0.1) is 58.1 Å². The minimum atomic E-state index is -1.39. The third-order valence-electron chi connectivity index (χ3n) is 11.7. The number of carbonyl (C=O) groups is 4. The molecule has 0 spiro atoms. The van der Waals surface area contributed by atoms with Crippen LogP contribution in [0.25, 0.3) is 0 Å². The van der Waals surface area contributed by atoms with E-state index in [-0.39, 0.29) is 81.1 Å². The van der Waals surface area contributed by atoms with E-state index in [0.717, 1.165) is 0 Å². The molecule has 0 radical (unpaired) electrons. The molecule has 0 aliphatic carbocycles. The normalized spacial score (nSPS) is 27.6. The van der Waals surface area contributed by atoms with Crippen LogP contribution in [-0.2, 0) is 47.5 Å². The summed E-state index contributed by atoms with van der Waals surface area (Å²) >= 11 is 19.6. The molecule has 2 amide bonds. The maximum atomic E-state index is 13.1.